The molecule has 0 saturated carbocycles. The molecular formula is C15H20N4O2. The van der Waals surface area contributed by atoms with Crippen LogP contribution in [0, 0.1) is 0 Å². The summed E-state index contributed by atoms with van der Waals surface area (Å²) < 4.78 is 1.82. The van der Waals surface area contributed by atoms with E-state index in [9.17, 15) is 9.59 Å². The highest BCUT2D eigenvalue weighted by Gasteiger charge is 2.28. The fourth-order valence-electron chi connectivity index (χ4n) is 2.84. The Morgan fingerprint density at radius 1 is 1.38 bits per heavy atom. The maximum atomic E-state index is 12.0. The van der Waals surface area contributed by atoms with Crippen LogP contribution in [0.4, 0.5) is 10.6 Å². The maximum Gasteiger partial charge on any atom is 0.329 e. The highest BCUT2D eigenvalue weighted by atomic mass is 16.2. The first-order valence-electron chi connectivity index (χ1n) is 7.17. The Morgan fingerprint density at radius 2 is 2.19 bits per heavy atom. The third kappa shape index (κ3) is 2.26. The Morgan fingerprint density at radius 3 is 2.90 bits per heavy atom. The van der Waals surface area contributed by atoms with Crippen molar-refractivity contribution in [2.45, 2.75) is 26.2 Å². The van der Waals surface area contributed by atoms with E-state index in [2.05, 4.69) is 23.4 Å². The molecule has 6 heteroatoms. The van der Waals surface area contributed by atoms with Gasteiger partial charge in [-0.25, -0.2) is 4.79 Å². The molecule has 1 aliphatic rings. The maximum absolute atomic E-state index is 12.0. The Kier molecular flexibility index (Phi) is 3.37. The van der Waals surface area contributed by atoms with Crippen molar-refractivity contribution in [2.24, 2.45) is 7.05 Å². The molecule has 0 radical (unpaired) electrons. The summed E-state index contributed by atoms with van der Waals surface area (Å²) in [4.78, 5) is 24.8. The number of hydrogen-bond acceptors (Lipinski definition) is 3. The smallest absolute Gasteiger partial charge is 0.278 e. The molecular weight excluding hydrogens is 268 g/mol. The number of imide groups is 1. The van der Waals surface area contributed by atoms with Crippen molar-refractivity contribution in [3.05, 3.63) is 23.8 Å². The third-order valence-corrected chi connectivity index (χ3v) is 3.76. The van der Waals surface area contributed by atoms with Gasteiger partial charge in [0, 0.05) is 26.8 Å². The predicted molar refractivity (Wildman–Crippen MR) is 82.3 cm³/mol. The first-order chi connectivity index (χ1) is 10.1. The summed E-state index contributed by atoms with van der Waals surface area (Å²) in [5.74, 6) is 0.388. The first kappa shape index (κ1) is 13.6. The molecule has 0 aliphatic carbocycles. The number of nitrogens with one attached hydrogen (secondary N) is 1. The first-order valence-corrected chi connectivity index (χ1v) is 7.17. The van der Waals surface area contributed by atoms with E-state index in [1.165, 1.54) is 5.56 Å². The van der Waals surface area contributed by atoms with Crippen LogP contribution in [0.2, 0.25) is 0 Å². The lowest BCUT2D eigenvalue weighted by atomic mass is 10.1. The monoisotopic (exact) mass is 288 g/mol. The van der Waals surface area contributed by atoms with E-state index in [0.717, 1.165) is 23.7 Å². The van der Waals surface area contributed by atoms with E-state index in [1.54, 1.807) is 4.90 Å². The Labute approximate surface area is 124 Å². The Bertz CT molecular complexity index is 726. The van der Waals surface area contributed by atoms with Gasteiger partial charge in [0.15, 0.2) is 5.82 Å². The second kappa shape index (κ2) is 5.20. The number of para-hydroxylation sites is 1. The SMILES string of the molecule is CCCc1cccc2c(N3CCC(=O)NC3=O)nn(C)c12.[HH]. The lowest BCUT2D eigenvalue weighted by Gasteiger charge is -2.24. The summed E-state index contributed by atoms with van der Waals surface area (Å²) in [6.07, 6.45) is 2.33. The van der Waals surface area contributed by atoms with Gasteiger partial charge in [0.2, 0.25) is 5.91 Å². The van der Waals surface area contributed by atoms with E-state index >= 15 is 0 Å². The fraction of sp³-hybridized carbons (Fsp3) is 0.400. The molecule has 0 atom stereocenters. The van der Waals surface area contributed by atoms with Crippen LogP contribution in [0.1, 0.15) is 26.8 Å². The molecule has 2 aromatic rings. The molecule has 0 unspecified atom stereocenters. The zero-order valence-corrected chi connectivity index (χ0v) is 12.2. The molecule has 21 heavy (non-hydrogen) atoms. The minimum absolute atomic E-state index is 0. The highest BCUT2D eigenvalue weighted by molar-refractivity contribution is 6.09. The van der Waals surface area contributed by atoms with Crippen molar-refractivity contribution in [2.75, 3.05) is 11.4 Å². The minimum Gasteiger partial charge on any atom is -0.278 e. The summed E-state index contributed by atoms with van der Waals surface area (Å²) in [7, 11) is 1.89. The molecule has 1 aromatic heterocycles. The fourth-order valence-corrected chi connectivity index (χ4v) is 2.84. The van der Waals surface area contributed by atoms with Crippen molar-refractivity contribution in [1.82, 2.24) is 15.1 Å². The van der Waals surface area contributed by atoms with Crippen LogP contribution >= 0.6 is 0 Å². The molecule has 0 bridgehead atoms. The van der Waals surface area contributed by atoms with E-state index in [-0.39, 0.29) is 7.33 Å². The van der Waals surface area contributed by atoms with Crippen LogP contribution in [0.25, 0.3) is 10.9 Å². The number of benzene rings is 1. The number of aromatic nitrogens is 2. The minimum atomic E-state index is -0.396. The second-order valence-electron chi connectivity index (χ2n) is 5.27. The highest BCUT2D eigenvalue weighted by Crippen LogP contribution is 2.29. The number of aryl methyl sites for hydroxylation is 2. The second-order valence-corrected chi connectivity index (χ2v) is 5.27. The molecule has 3 amide bonds. The molecule has 1 aromatic carbocycles. The largest absolute Gasteiger partial charge is 0.329 e. The lowest BCUT2D eigenvalue weighted by molar-refractivity contribution is -0.120. The number of carbonyl (C=O) groups is 2. The third-order valence-electron chi connectivity index (χ3n) is 3.76. The van der Waals surface area contributed by atoms with E-state index < -0.39 is 6.03 Å². The molecule has 112 valence electrons. The average Bonchev–Trinajstić information content (AvgIpc) is 2.78. The van der Waals surface area contributed by atoms with Gasteiger partial charge in [-0.3, -0.25) is 19.7 Å². The molecule has 3 rings (SSSR count). The summed E-state index contributed by atoms with van der Waals surface area (Å²) in [5, 5.41) is 7.79. The molecule has 1 saturated heterocycles. The van der Waals surface area contributed by atoms with Crippen molar-refractivity contribution in [3.8, 4) is 0 Å². The summed E-state index contributed by atoms with van der Waals surface area (Å²) >= 11 is 0. The summed E-state index contributed by atoms with van der Waals surface area (Å²) in [5.41, 5.74) is 2.28. The van der Waals surface area contributed by atoms with Gasteiger partial charge < -0.3 is 0 Å². The quantitative estimate of drug-likeness (QED) is 0.941. The van der Waals surface area contributed by atoms with Crippen LogP contribution in [0.15, 0.2) is 18.2 Å². The lowest BCUT2D eigenvalue weighted by Crippen LogP contribution is -2.49. The number of anilines is 1. The molecule has 0 spiro atoms. The van der Waals surface area contributed by atoms with Crippen molar-refractivity contribution in [3.63, 3.8) is 0 Å². The summed E-state index contributed by atoms with van der Waals surface area (Å²) in [6, 6.07) is 5.66. The van der Waals surface area contributed by atoms with Gasteiger partial charge in [0.1, 0.15) is 0 Å². The Balaban J connectivity index is 0.00000176. The topological polar surface area (TPSA) is 67.2 Å². The van der Waals surface area contributed by atoms with Crippen LogP contribution in [0.3, 0.4) is 0 Å². The average molecular weight is 288 g/mol. The van der Waals surface area contributed by atoms with Crippen LogP contribution < -0.4 is 10.2 Å². The summed E-state index contributed by atoms with van der Waals surface area (Å²) in [6.45, 7) is 2.51. The number of fused-ring (bicyclic) bond motifs is 1. The van der Waals surface area contributed by atoms with Crippen LogP contribution in [-0.2, 0) is 18.3 Å². The molecule has 2 heterocycles. The number of urea groups is 1. The van der Waals surface area contributed by atoms with Crippen molar-refractivity contribution >= 4 is 28.7 Å². The van der Waals surface area contributed by atoms with E-state index in [4.69, 9.17) is 0 Å². The van der Waals surface area contributed by atoms with Crippen LogP contribution in [-0.4, -0.2) is 28.3 Å². The van der Waals surface area contributed by atoms with Gasteiger partial charge in [-0.2, -0.15) is 5.10 Å². The number of nitrogens with zero attached hydrogens (tertiary/aromatic N) is 3. The van der Waals surface area contributed by atoms with Gasteiger partial charge in [-0.15, -0.1) is 0 Å². The van der Waals surface area contributed by atoms with E-state index in [0.29, 0.717) is 18.8 Å². The standard InChI is InChI=1S/C15H18N4O2.H2/c1-3-5-10-6-4-7-11-13(10)18(2)17-14(11)19-9-8-12(20)16-15(19)21;/h4,6-7H,3,5,8-9H2,1-2H3,(H,16,20,21);1H. The van der Waals surface area contributed by atoms with E-state index in [1.807, 2.05) is 23.9 Å². The number of carbonyl (C=O) groups excluding carboxylic acids is 2. The molecule has 1 aliphatic heterocycles. The van der Waals surface area contributed by atoms with Gasteiger partial charge in [-0.1, -0.05) is 25.5 Å². The molecule has 6 nitrogen and oxygen atoms in total. The van der Waals surface area contributed by atoms with Gasteiger partial charge in [0.25, 0.3) is 0 Å². The number of amides is 3. The molecule has 1 N–H and O–H groups in total. The molecule has 1 fully saturated rings. The van der Waals surface area contributed by atoms with Gasteiger partial charge >= 0.3 is 6.03 Å². The van der Waals surface area contributed by atoms with Crippen molar-refractivity contribution in [1.29, 1.82) is 0 Å². The van der Waals surface area contributed by atoms with Gasteiger partial charge in [-0.05, 0) is 18.1 Å². The normalized spacial score (nSPS) is 15.6. The zero-order valence-electron chi connectivity index (χ0n) is 12.2. The number of rotatable bonds is 3. The Hall–Kier alpha value is -2.37. The number of hydrogen-bond donors (Lipinski definition) is 1. The van der Waals surface area contributed by atoms with Gasteiger partial charge in [0.05, 0.1) is 5.52 Å². The zero-order chi connectivity index (χ0) is 15.0. The predicted octanol–water partition coefficient (Wildman–Crippen LogP) is 2.22. The van der Waals surface area contributed by atoms with Crippen LogP contribution in [0.5, 0.6) is 0 Å². The van der Waals surface area contributed by atoms with Crippen molar-refractivity contribution < 1.29 is 11.0 Å².